The molecule has 0 heterocycles. The standard InChI is InChI=1S/C19H21FN2O3/c1-4-22(5-2)19(24)13-6-9-15(10-7-13)21-18(23)14-8-11-17(25-3)16(20)12-14/h6-12H,4-5H2,1-3H3,(H,21,23). The highest BCUT2D eigenvalue weighted by molar-refractivity contribution is 6.04. The molecule has 132 valence electrons. The average molecular weight is 344 g/mol. The molecule has 0 atom stereocenters. The molecule has 5 nitrogen and oxygen atoms in total. The summed E-state index contributed by atoms with van der Waals surface area (Å²) >= 11 is 0. The van der Waals surface area contributed by atoms with E-state index in [1.807, 2.05) is 13.8 Å². The number of rotatable bonds is 6. The summed E-state index contributed by atoms with van der Waals surface area (Å²) in [6.07, 6.45) is 0. The van der Waals surface area contributed by atoms with Gasteiger partial charge < -0.3 is 15.0 Å². The van der Waals surface area contributed by atoms with Crippen LogP contribution in [0.15, 0.2) is 42.5 Å². The summed E-state index contributed by atoms with van der Waals surface area (Å²) in [5.41, 5.74) is 1.26. The molecule has 2 amide bonds. The van der Waals surface area contributed by atoms with E-state index in [-0.39, 0.29) is 17.2 Å². The van der Waals surface area contributed by atoms with Crippen molar-refractivity contribution < 1.29 is 18.7 Å². The fourth-order valence-corrected chi connectivity index (χ4v) is 2.40. The third kappa shape index (κ3) is 4.35. The van der Waals surface area contributed by atoms with Crippen LogP contribution in [0.4, 0.5) is 10.1 Å². The van der Waals surface area contributed by atoms with Gasteiger partial charge in [0.15, 0.2) is 11.6 Å². The largest absolute Gasteiger partial charge is 0.494 e. The topological polar surface area (TPSA) is 58.6 Å². The molecular formula is C19H21FN2O3. The maximum Gasteiger partial charge on any atom is 0.255 e. The molecule has 2 rings (SSSR count). The van der Waals surface area contributed by atoms with Gasteiger partial charge in [-0.05, 0) is 56.3 Å². The van der Waals surface area contributed by atoms with Crippen LogP contribution in [0.5, 0.6) is 5.75 Å². The number of anilines is 1. The van der Waals surface area contributed by atoms with E-state index in [2.05, 4.69) is 5.32 Å². The zero-order chi connectivity index (χ0) is 18.4. The number of carbonyl (C=O) groups excluding carboxylic acids is 2. The van der Waals surface area contributed by atoms with Crippen LogP contribution in [-0.4, -0.2) is 36.9 Å². The minimum absolute atomic E-state index is 0.0555. The summed E-state index contributed by atoms with van der Waals surface area (Å²) in [6.45, 7) is 5.11. The van der Waals surface area contributed by atoms with Gasteiger partial charge in [0.25, 0.3) is 11.8 Å². The summed E-state index contributed by atoms with van der Waals surface area (Å²) in [4.78, 5) is 26.2. The molecule has 0 radical (unpaired) electrons. The number of hydrogen-bond acceptors (Lipinski definition) is 3. The highest BCUT2D eigenvalue weighted by Gasteiger charge is 2.13. The van der Waals surface area contributed by atoms with Gasteiger partial charge in [-0.1, -0.05) is 0 Å². The quantitative estimate of drug-likeness (QED) is 0.871. The fraction of sp³-hybridized carbons (Fsp3) is 0.263. The van der Waals surface area contributed by atoms with Gasteiger partial charge in [-0.2, -0.15) is 0 Å². The SMILES string of the molecule is CCN(CC)C(=O)c1ccc(NC(=O)c2ccc(OC)c(F)c2)cc1. The van der Waals surface area contributed by atoms with Crippen LogP contribution in [0, 0.1) is 5.82 Å². The highest BCUT2D eigenvalue weighted by atomic mass is 19.1. The van der Waals surface area contributed by atoms with Gasteiger partial charge in [0.1, 0.15) is 0 Å². The minimum Gasteiger partial charge on any atom is -0.494 e. The number of hydrogen-bond donors (Lipinski definition) is 1. The predicted molar refractivity (Wildman–Crippen MR) is 94.6 cm³/mol. The average Bonchev–Trinajstić information content (AvgIpc) is 2.63. The van der Waals surface area contributed by atoms with Crippen LogP contribution in [-0.2, 0) is 0 Å². The second-order valence-corrected chi connectivity index (χ2v) is 5.36. The third-order valence-electron chi connectivity index (χ3n) is 3.85. The molecule has 25 heavy (non-hydrogen) atoms. The van der Waals surface area contributed by atoms with E-state index < -0.39 is 11.7 Å². The van der Waals surface area contributed by atoms with E-state index in [1.165, 1.54) is 19.2 Å². The van der Waals surface area contributed by atoms with E-state index in [4.69, 9.17) is 4.74 Å². The van der Waals surface area contributed by atoms with Crippen LogP contribution in [0.1, 0.15) is 34.6 Å². The van der Waals surface area contributed by atoms with Gasteiger partial charge >= 0.3 is 0 Å². The van der Waals surface area contributed by atoms with Crippen molar-refractivity contribution in [3.8, 4) is 5.75 Å². The Balaban J connectivity index is 2.09. The van der Waals surface area contributed by atoms with Crippen molar-refractivity contribution in [3.63, 3.8) is 0 Å². The maximum atomic E-state index is 13.7. The molecule has 0 aliphatic heterocycles. The van der Waals surface area contributed by atoms with E-state index in [0.717, 1.165) is 6.07 Å². The first-order chi connectivity index (χ1) is 12.0. The number of benzene rings is 2. The van der Waals surface area contributed by atoms with E-state index >= 15 is 0 Å². The van der Waals surface area contributed by atoms with Crippen molar-refractivity contribution >= 4 is 17.5 Å². The number of halogens is 1. The first kappa shape index (κ1) is 18.4. The normalized spacial score (nSPS) is 10.2. The van der Waals surface area contributed by atoms with Crippen LogP contribution in [0.2, 0.25) is 0 Å². The smallest absolute Gasteiger partial charge is 0.255 e. The van der Waals surface area contributed by atoms with Crippen molar-refractivity contribution in [3.05, 3.63) is 59.4 Å². The number of ether oxygens (including phenoxy) is 1. The molecule has 0 fully saturated rings. The number of nitrogens with zero attached hydrogens (tertiary/aromatic N) is 1. The summed E-state index contributed by atoms with van der Waals surface area (Å²) in [7, 11) is 1.36. The van der Waals surface area contributed by atoms with Gasteiger partial charge in [-0.15, -0.1) is 0 Å². The number of methoxy groups -OCH3 is 1. The summed E-state index contributed by atoms with van der Waals surface area (Å²) in [5, 5.41) is 2.67. The Bertz CT molecular complexity index is 756. The molecule has 2 aromatic rings. The second kappa shape index (κ2) is 8.28. The molecule has 0 spiro atoms. The Morgan fingerprint density at radius 2 is 1.64 bits per heavy atom. The molecule has 0 unspecified atom stereocenters. The first-order valence-electron chi connectivity index (χ1n) is 8.04. The molecular weight excluding hydrogens is 323 g/mol. The molecule has 0 aromatic heterocycles. The monoisotopic (exact) mass is 344 g/mol. The predicted octanol–water partition coefficient (Wildman–Crippen LogP) is 3.57. The Morgan fingerprint density at radius 1 is 1.04 bits per heavy atom. The van der Waals surface area contributed by atoms with Crippen LogP contribution < -0.4 is 10.1 Å². The lowest BCUT2D eigenvalue weighted by Crippen LogP contribution is -2.30. The molecule has 0 aliphatic rings. The summed E-state index contributed by atoms with van der Waals surface area (Å²) < 4.78 is 18.5. The zero-order valence-corrected chi connectivity index (χ0v) is 14.5. The molecule has 0 saturated heterocycles. The molecule has 0 bridgehead atoms. The Hall–Kier alpha value is -2.89. The van der Waals surface area contributed by atoms with E-state index in [1.54, 1.807) is 29.2 Å². The molecule has 0 saturated carbocycles. The van der Waals surface area contributed by atoms with E-state index in [9.17, 15) is 14.0 Å². The number of nitrogens with one attached hydrogen (secondary N) is 1. The summed E-state index contributed by atoms with van der Waals surface area (Å²) in [6, 6.07) is 10.6. The Labute approximate surface area is 146 Å². The van der Waals surface area contributed by atoms with Crippen LogP contribution in [0.3, 0.4) is 0 Å². The van der Waals surface area contributed by atoms with Crippen LogP contribution in [0.25, 0.3) is 0 Å². The van der Waals surface area contributed by atoms with Crippen molar-refractivity contribution in [2.24, 2.45) is 0 Å². The van der Waals surface area contributed by atoms with Crippen molar-refractivity contribution in [2.45, 2.75) is 13.8 Å². The van der Waals surface area contributed by atoms with Crippen molar-refractivity contribution in [2.75, 3.05) is 25.5 Å². The lowest BCUT2D eigenvalue weighted by molar-refractivity contribution is 0.0773. The summed E-state index contributed by atoms with van der Waals surface area (Å²) in [5.74, 6) is -1.02. The van der Waals surface area contributed by atoms with Gasteiger partial charge in [0.05, 0.1) is 7.11 Å². The lowest BCUT2D eigenvalue weighted by atomic mass is 10.1. The van der Waals surface area contributed by atoms with Gasteiger partial charge in [0, 0.05) is 29.9 Å². The van der Waals surface area contributed by atoms with Crippen molar-refractivity contribution in [1.82, 2.24) is 4.90 Å². The van der Waals surface area contributed by atoms with Gasteiger partial charge in [0.2, 0.25) is 0 Å². The third-order valence-corrected chi connectivity index (χ3v) is 3.85. The maximum absolute atomic E-state index is 13.7. The molecule has 6 heteroatoms. The van der Waals surface area contributed by atoms with Crippen molar-refractivity contribution in [1.29, 1.82) is 0 Å². The number of carbonyl (C=O) groups is 2. The molecule has 1 N–H and O–H groups in total. The van der Waals surface area contributed by atoms with Crippen LogP contribution >= 0.6 is 0 Å². The Kier molecular flexibility index (Phi) is 6.11. The molecule has 2 aromatic carbocycles. The first-order valence-corrected chi connectivity index (χ1v) is 8.04. The number of amides is 2. The highest BCUT2D eigenvalue weighted by Crippen LogP contribution is 2.19. The zero-order valence-electron chi connectivity index (χ0n) is 14.5. The van der Waals surface area contributed by atoms with Gasteiger partial charge in [-0.3, -0.25) is 9.59 Å². The van der Waals surface area contributed by atoms with E-state index in [0.29, 0.717) is 24.3 Å². The lowest BCUT2D eigenvalue weighted by Gasteiger charge is -2.18. The fourth-order valence-electron chi connectivity index (χ4n) is 2.40. The molecule has 0 aliphatic carbocycles. The van der Waals surface area contributed by atoms with Gasteiger partial charge in [-0.25, -0.2) is 4.39 Å². The Morgan fingerprint density at radius 3 is 2.16 bits per heavy atom. The second-order valence-electron chi connectivity index (χ2n) is 5.36. The minimum atomic E-state index is -0.602.